The highest BCUT2D eigenvalue weighted by atomic mass is 19.1. The third-order valence-corrected chi connectivity index (χ3v) is 5.09. The van der Waals surface area contributed by atoms with Crippen LogP contribution in [0.25, 0.3) is 11.3 Å². The van der Waals surface area contributed by atoms with Crippen molar-refractivity contribution in [3.63, 3.8) is 0 Å². The maximum absolute atomic E-state index is 13.2. The zero-order valence-corrected chi connectivity index (χ0v) is 16.6. The Bertz CT molecular complexity index is 1000. The molecular formula is C23H24FN5O. The zero-order valence-electron chi connectivity index (χ0n) is 16.6. The highest BCUT2D eigenvalue weighted by molar-refractivity contribution is 5.90. The van der Waals surface area contributed by atoms with Crippen LogP contribution in [0.2, 0.25) is 0 Å². The number of carbonyl (C=O) groups excluding carboxylic acids is 1. The highest BCUT2D eigenvalue weighted by Gasteiger charge is 2.13. The standard InChI is InChI=1S/C23H24FN5O/c24-19-8-4-6-17(14-19)16-25-23(30)26-20-9-5-7-18(15-20)21-10-11-22(28-27-21)29-12-2-1-3-13-29/h4-11,14-15H,1-3,12-13,16H2,(H2,25,26,30). The fourth-order valence-electron chi connectivity index (χ4n) is 3.53. The Morgan fingerprint density at radius 1 is 0.967 bits per heavy atom. The fraction of sp³-hybridized carbons (Fsp3) is 0.261. The Hall–Kier alpha value is -3.48. The van der Waals surface area contributed by atoms with Crippen LogP contribution in [-0.4, -0.2) is 29.3 Å². The van der Waals surface area contributed by atoms with Crippen molar-refractivity contribution in [1.82, 2.24) is 15.5 Å². The Kier molecular flexibility index (Phi) is 6.17. The van der Waals surface area contributed by atoms with Crippen LogP contribution in [0.1, 0.15) is 24.8 Å². The molecule has 0 aliphatic carbocycles. The van der Waals surface area contributed by atoms with Crippen molar-refractivity contribution in [3.8, 4) is 11.3 Å². The summed E-state index contributed by atoms with van der Waals surface area (Å²) >= 11 is 0. The van der Waals surface area contributed by atoms with Gasteiger partial charge in [-0.1, -0.05) is 24.3 Å². The van der Waals surface area contributed by atoms with Crippen LogP contribution < -0.4 is 15.5 Å². The van der Waals surface area contributed by atoms with Crippen molar-refractivity contribution in [2.75, 3.05) is 23.3 Å². The third kappa shape index (κ3) is 5.11. The van der Waals surface area contributed by atoms with Crippen LogP contribution in [0.4, 0.5) is 20.7 Å². The van der Waals surface area contributed by atoms with E-state index in [1.54, 1.807) is 18.2 Å². The van der Waals surface area contributed by atoms with Crippen LogP contribution in [0.5, 0.6) is 0 Å². The van der Waals surface area contributed by atoms with Gasteiger partial charge in [0.1, 0.15) is 5.82 Å². The van der Waals surface area contributed by atoms with E-state index in [4.69, 9.17) is 0 Å². The van der Waals surface area contributed by atoms with Gasteiger partial charge in [0.2, 0.25) is 0 Å². The number of rotatable bonds is 5. The first kappa shape index (κ1) is 19.8. The maximum atomic E-state index is 13.2. The summed E-state index contributed by atoms with van der Waals surface area (Å²) in [6.45, 7) is 2.29. The number of halogens is 1. The number of nitrogens with one attached hydrogen (secondary N) is 2. The summed E-state index contributed by atoms with van der Waals surface area (Å²) in [7, 11) is 0. The van der Waals surface area contributed by atoms with Crippen molar-refractivity contribution in [2.45, 2.75) is 25.8 Å². The molecule has 154 valence electrons. The lowest BCUT2D eigenvalue weighted by Gasteiger charge is -2.27. The van der Waals surface area contributed by atoms with E-state index >= 15 is 0 Å². The van der Waals surface area contributed by atoms with Gasteiger partial charge in [-0.05, 0) is 61.2 Å². The smallest absolute Gasteiger partial charge is 0.319 e. The normalized spacial score (nSPS) is 13.7. The molecule has 0 atom stereocenters. The molecule has 2 aromatic carbocycles. The van der Waals surface area contributed by atoms with Crippen molar-refractivity contribution in [3.05, 3.63) is 72.0 Å². The molecule has 4 rings (SSSR count). The molecule has 1 saturated heterocycles. The minimum Gasteiger partial charge on any atom is -0.355 e. The van der Waals surface area contributed by atoms with E-state index in [0.29, 0.717) is 11.3 Å². The topological polar surface area (TPSA) is 70.2 Å². The number of carbonyl (C=O) groups is 1. The Morgan fingerprint density at radius 3 is 2.57 bits per heavy atom. The Morgan fingerprint density at radius 2 is 1.80 bits per heavy atom. The van der Waals surface area contributed by atoms with E-state index in [1.807, 2.05) is 30.3 Å². The number of benzene rings is 2. The van der Waals surface area contributed by atoms with Gasteiger partial charge in [0.25, 0.3) is 0 Å². The average molecular weight is 405 g/mol. The summed E-state index contributed by atoms with van der Waals surface area (Å²) in [5.74, 6) is 0.583. The number of anilines is 2. The Labute approximate surface area is 175 Å². The molecule has 1 aromatic heterocycles. The number of nitrogens with zero attached hydrogens (tertiary/aromatic N) is 3. The van der Waals surface area contributed by atoms with E-state index in [0.717, 1.165) is 30.2 Å². The molecule has 0 saturated carbocycles. The summed E-state index contributed by atoms with van der Waals surface area (Å²) in [4.78, 5) is 14.5. The molecule has 2 N–H and O–H groups in total. The van der Waals surface area contributed by atoms with Crippen molar-refractivity contribution in [2.24, 2.45) is 0 Å². The summed E-state index contributed by atoms with van der Waals surface area (Å²) in [5, 5.41) is 14.3. The second-order valence-electron chi connectivity index (χ2n) is 7.34. The van der Waals surface area contributed by atoms with Gasteiger partial charge in [-0.2, -0.15) is 0 Å². The minimum atomic E-state index is -0.358. The SMILES string of the molecule is O=C(NCc1cccc(F)c1)Nc1cccc(-c2ccc(N3CCCCC3)nn2)c1. The first-order chi connectivity index (χ1) is 14.7. The molecule has 7 heteroatoms. The molecule has 2 amide bonds. The molecular weight excluding hydrogens is 381 g/mol. The van der Waals surface area contributed by atoms with Gasteiger partial charge < -0.3 is 15.5 Å². The number of piperidine rings is 1. The molecule has 1 aliphatic rings. The molecule has 3 aromatic rings. The van der Waals surface area contributed by atoms with Gasteiger partial charge >= 0.3 is 6.03 Å². The van der Waals surface area contributed by atoms with E-state index in [2.05, 4.69) is 25.7 Å². The first-order valence-corrected chi connectivity index (χ1v) is 10.2. The van der Waals surface area contributed by atoms with Crippen LogP contribution >= 0.6 is 0 Å². The van der Waals surface area contributed by atoms with Gasteiger partial charge in [-0.15, -0.1) is 10.2 Å². The summed E-state index contributed by atoms with van der Waals surface area (Å²) < 4.78 is 13.2. The van der Waals surface area contributed by atoms with Crippen LogP contribution in [0, 0.1) is 5.82 Å². The summed E-state index contributed by atoms with van der Waals surface area (Å²) in [6, 6.07) is 17.2. The largest absolute Gasteiger partial charge is 0.355 e. The number of amides is 2. The van der Waals surface area contributed by atoms with E-state index in [9.17, 15) is 9.18 Å². The number of hydrogen-bond acceptors (Lipinski definition) is 4. The predicted octanol–water partition coefficient (Wildman–Crippen LogP) is 4.59. The molecule has 1 aliphatic heterocycles. The second-order valence-corrected chi connectivity index (χ2v) is 7.34. The summed E-state index contributed by atoms with van der Waals surface area (Å²) in [6.07, 6.45) is 3.66. The molecule has 1 fully saturated rings. The van der Waals surface area contributed by atoms with Gasteiger partial charge in [0.15, 0.2) is 5.82 Å². The predicted molar refractivity (Wildman–Crippen MR) is 116 cm³/mol. The molecule has 0 radical (unpaired) electrons. The molecule has 0 spiro atoms. The first-order valence-electron chi connectivity index (χ1n) is 10.2. The van der Waals surface area contributed by atoms with E-state index in [-0.39, 0.29) is 18.4 Å². The van der Waals surface area contributed by atoms with Crippen LogP contribution in [-0.2, 0) is 6.54 Å². The number of urea groups is 1. The molecule has 30 heavy (non-hydrogen) atoms. The molecule has 2 heterocycles. The quantitative estimate of drug-likeness (QED) is 0.651. The maximum Gasteiger partial charge on any atom is 0.319 e. The monoisotopic (exact) mass is 405 g/mol. The average Bonchev–Trinajstić information content (AvgIpc) is 2.79. The van der Waals surface area contributed by atoms with Gasteiger partial charge in [0, 0.05) is 30.9 Å². The van der Waals surface area contributed by atoms with Gasteiger partial charge in [-0.25, -0.2) is 9.18 Å². The van der Waals surface area contributed by atoms with E-state index in [1.165, 1.54) is 31.4 Å². The lowest BCUT2D eigenvalue weighted by molar-refractivity contribution is 0.251. The summed E-state index contributed by atoms with van der Waals surface area (Å²) in [5.41, 5.74) is 2.96. The zero-order chi connectivity index (χ0) is 20.8. The highest BCUT2D eigenvalue weighted by Crippen LogP contribution is 2.23. The number of aromatic nitrogens is 2. The lowest BCUT2D eigenvalue weighted by atomic mass is 10.1. The van der Waals surface area contributed by atoms with Crippen molar-refractivity contribution < 1.29 is 9.18 Å². The van der Waals surface area contributed by atoms with Gasteiger partial charge in [0.05, 0.1) is 5.69 Å². The minimum absolute atomic E-state index is 0.243. The fourth-order valence-corrected chi connectivity index (χ4v) is 3.53. The molecule has 0 unspecified atom stereocenters. The molecule has 0 bridgehead atoms. The van der Waals surface area contributed by atoms with Crippen LogP contribution in [0.15, 0.2) is 60.7 Å². The van der Waals surface area contributed by atoms with E-state index < -0.39 is 0 Å². The lowest BCUT2D eigenvalue weighted by Crippen LogP contribution is -2.30. The molecule has 6 nitrogen and oxygen atoms in total. The number of hydrogen-bond donors (Lipinski definition) is 2. The van der Waals surface area contributed by atoms with Crippen molar-refractivity contribution in [1.29, 1.82) is 0 Å². The van der Waals surface area contributed by atoms with Gasteiger partial charge in [-0.3, -0.25) is 0 Å². The second kappa shape index (κ2) is 9.35. The third-order valence-electron chi connectivity index (χ3n) is 5.09. The Balaban J connectivity index is 1.37. The van der Waals surface area contributed by atoms with Crippen LogP contribution in [0.3, 0.4) is 0 Å². The van der Waals surface area contributed by atoms with Crippen molar-refractivity contribution >= 4 is 17.5 Å².